The summed E-state index contributed by atoms with van der Waals surface area (Å²) in [6.07, 6.45) is 1.49. The maximum atomic E-state index is 12.1. The first-order chi connectivity index (χ1) is 9.91. The second-order valence-corrected chi connectivity index (χ2v) is 4.73. The van der Waals surface area contributed by atoms with Crippen LogP contribution in [0.5, 0.6) is 0 Å². The Morgan fingerprint density at radius 1 is 1.52 bits per heavy atom. The molecule has 8 heteroatoms. The summed E-state index contributed by atoms with van der Waals surface area (Å²) >= 11 is 0. The van der Waals surface area contributed by atoms with Gasteiger partial charge in [-0.2, -0.15) is 0 Å². The number of nitrogens with zero attached hydrogens (tertiary/aromatic N) is 1. The highest BCUT2D eigenvalue weighted by Crippen LogP contribution is 2.20. The lowest BCUT2D eigenvalue weighted by Gasteiger charge is -2.07. The number of carboxylic acid groups (broad SMARTS) is 1. The number of nitrogens with one attached hydrogen (secondary N) is 2. The summed E-state index contributed by atoms with van der Waals surface area (Å²) in [7, 11) is 0. The summed E-state index contributed by atoms with van der Waals surface area (Å²) in [5.41, 5.74) is -0.233. The van der Waals surface area contributed by atoms with Crippen molar-refractivity contribution in [3.8, 4) is 0 Å². The Hall–Kier alpha value is -2.64. The fraction of sp³-hybridized carbons (Fsp3) is 0.385. The number of hydrogen-bond acceptors (Lipinski definition) is 5. The number of carbonyl (C=O) groups excluding carboxylic acids is 1. The molecule has 1 amide bonds. The molecule has 112 valence electrons. The average molecular weight is 293 g/mol. The topological polar surface area (TPSA) is 125 Å². The molecule has 3 N–H and O–H groups in total. The quantitative estimate of drug-likeness (QED) is 0.743. The first kappa shape index (κ1) is 14.8. The van der Waals surface area contributed by atoms with Gasteiger partial charge in [-0.05, 0) is 13.3 Å². The van der Waals surface area contributed by atoms with E-state index < -0.39 is 23.4 Å². The normalized spacial score (nSPS) is 12.3. The first-order valence-corrected chi connectivity index (χ1v) is 6.39. The zero-order chi connectivity index (χ0) is 15.6. The molecule has 2 aromatic heterocycles. The van der Waals surface area contributed by atoms with E-state index in [9.17, 15) is 14.4 Å². The Morgan fingerprint density at radius 3 is 2.90 bits per heavy atom. The third kappa shape index (κ3) is 2.93. The van der Waals surface area contributed by atoms with E-state index in [1.54, 1.807) is 13.8 Å². The summed E-state index contributed by atoms with van der Waals surface area (Å²) < 4.78 is 5.28. The maximum Gasteiger partial charge on any atom is 0.306 e. The van der Waals surface area contributed by atoms with Crippen LogP contribution in [0, 0.1) is 12.8 Å². The SMILES string of the molecule is Cc1oc2nc[nH]c(=O)c2c1C(=O)NCCC(C)C(=O)O. The third-order valence-corrected chi connectivity index (χ3v) is 3.18. The molecule has 0 spiro atoms. The van der Waals surface area contributed by atoms with Crippen LogP contribution < -0.4 is 10.9 Å². The molecule has 1 atom stereocenters. The van der Waals surface area contributed by atoms with Gasteiger partial charge in [0.05, 0.1) is 17.8 Å². The number of carboxylic acids is 1. The van der Waals surface area contributed by atoms with Crippen LogP contribution in [0.25, 0.3) is 11.1 Å². The Labute approximate surface area is 119 Å². The van der Waals surface area contributed by atoms with E-state index in [2.05, 4.69) is 15.3 Å². The minimum absolute atomic E-state index is 0.0961. The summed E-state index contributed by atoms with van der Waals surface area (Å²) in [4.78, 5) is 40.9. The number of aromatic nitrogens is 2. The van der Waals surface area contributed by atoms with Crippen LogP contribution >= 0.6 is 0 Å². The number of hydrogen-bond donors (Lipinski definition) is 3. The highest BCUT2D eigenvalue weighted by molar-refractivity contribution is 6.06. The number of aliphatic carboxylic acids is 1. The van der Waals surface area contributed by atoms with Gasteiger partial charge in [-0.15, -0.1) is 0 Å². The van der Waals surface area contributed by atoms with Crippen molar-refractivity contribution in [3.63, 3.8) is 0 Å². The Bertz CT molecular complexity index is 746. The van der Waals surface area contributed by atoms with Crippen LogP contribution in [-0.4, -0.2) is 33.5 Å². The molecule has 0 bridgehead atoms. The first-order valence-electron chi connectivity index (χ1n) is 6.39. The van der Waals surface area contributed by atoms with Crippen LogP contribution in [0.3, 0.4) is 0 Å². The Morgan fingerprint density at radius 2 is 2.24 bits per heavy atom. The van der Waals surface area contributed by atoms with Crippen molar-refractivity contribution >= 4 is 23.0 Å². The molecule has 0 aliphatic heterocycles. The standard InChI is InChI=1S/C13H15N3O5/c1-6(13(19)20)3-4-14-10(17)8-7(2)21-12-9(8)11(18)15-5-16-12/h5-6H,3-4H2,1-2H3,(H,14,17)(H,19,20)(H,15,16,18). The van der Waals surface area contributed by atoms with Gasteiger partial charge >= 0.3 is 5.97 Å². The number of amides is 1. The van der Waals surface area contributed by atoms with E-state index in [-0.39, 0.29) is 29.0 Å². The van der Waals surface area contributed by atoms with Gasteiger partial charge in [0.1, 0.15) is 11.1 Å². The molecule has 0 saturated heterocycles. The summed E-state index contributed by atoms with van der Waals surface area (Å²) in [5.74, 6) is -1.67. The van der Waals surface area contributed by atoms with Crippen LogP contribution in [0.2, 0.25) is 0 Å². The van der Waals surface area contributed by atoms with E-state index in [1.165, 1.54) is 6.33 Å². The van der Waals surface area contributed by atoms with Crippen LogP contribution in [0.15, 0.2) is 15.5 Å². The van der Waals surface area contributed by atoms with Gasteiger partial charge in [0, 0.05) is 6.54 Å². The molecule has 2 rings (SSSR count). The molecule has 8 nitrogen and oxygen atoms in total. The molecule has 21 heavy (non-hydrogen) atoms. The van der Waals surface area contributed by atoms with E-state index in [1.807, 2.05) is 0 Å². The van der Waals surface area contributed by atoms with Crippen molar-refractivity contribution in [1.82, 2.24) is 15.3 Å². The molecular weight excluding hydrogens is 278 g/mol. The Balaban J connectivity index is 2.19. The predicted molar refractivity (Wildman–Crippen MR) is 73.1 cm³/mol. The fourth-order valence-corrected chi connectivity index (χ4v) is 1.94. The third-order valence-electron chi connectivity index (χ3n) is 3.18. The predicted octanol–water partition coefficient (Wildman–Crippen LogP) is 0.665. The van der Waals surface area contributed by atoms with Gasteiger partial charge in [0.25, 0.3) is 11.5 Å². The van der Waals surface area contributed by atoms with Crippen molar-refractivity contribution in [2.24, 2.45) is 5.92 Å². The van der Waals surface area contributed by atoms with Gasteiger partial charge in [-0.1, -0.05) is 6.92 Å². The number of aryl methyl sites for hydroxylation is 1. The van der Waals surface area contributed by atoms with Crippen molar-refractivity contribution < 1.29 is 19.1 Å². The van der Waals surface area contributed by atoms with E-state index >= 15 is 0 Å². The van der Waals surface area contributed by atoms with Gasteiger partial charge in [0.2, 0.25) is 5.71 Å². The minimum Gasteiger partial charge on any atom is -0.481 e. The van der Waals surface area contributed by atoms with Crippen molar-refractivity contribution in [2.45, 2.75) is 20.3 Å². The molecule has 2 aromatic rings. The lowest BCUT2D eigenvalue weighted by Crippen LogP contribution is -2.28. The van der Waals surface area contributed by atoms with Crippen molar-refractivity contribution in [2.75, 3.05) is 6.54 Å². The molecule has 0 aliphatic carbocycles. The van der Waals surface area contributed by atoms with Gasteiger partial charge in [-0.3, -0.25) is 14.4 Å². The fourth-order valence-electron chi connectivity index (χ4n) is 1.94. The average Bonchev–Trinajstić information content (AvgIpc) is 2.75. The number of rotatable bonds is 5. The maximum absolute atomic E-state index is 12.1. The molecule has 1 unspecified atom stereocenters. The second kappa shape index (κ2) is 5.78. The number of furan rings is 1. The molecule has 0 aliphatic rings. The minimum atomic E-state index is -0.921. The van der Waals surface area contributed by atoms with E-state index in [4.69, 9.17) is 9.52 Å². The highest BCUT2D eigenvalue weighted by Gasteiger charge is 2.21. The summed E-state index contributed by atoms with van der Waals surface area (Å²) in [5, 5.41) is 11.5. The van der Waals surface area contributed by atoms with Gasteiger partial charge in [-0.25, -0.2) is 4.98 Å². The molecule has 0 radical (unpaired) electrons. The zero-order valence-electron chi connectivity index (χ0n) is 11.6. The lowest BCUT2D eigenvalue weighted by atomic mass is 10.1. The van der Waals surface area contributed by atoms with E-state index in [0.29, 0.717) is 6.42 Å². The number of carbonyl (C=O) groups is 2. The van der Waals surface area contributed by atoms with Crippen LogP contribution in [-0.2, 0) is 4.79 Å². The smallest absolute Gasteiger partial charge is 0.306 e. The van der Waals surface area contributed by atoms with Crippen molar-refractivity contribution in [3.05, 3.63) is 28.0 Å². The van der Waals surface area contributed by atoms with Gasteiger partial charge < -0.3 is 19.8 Å². The monoisotopic (exact) mass is 293 g/mol. The second-order valence-electron chi connectivity index (χ2n) is 4.73. The molecular formula is C13H15N3O5. The lowest BCUT2D eigenvalue weighted by molar-refractivity contribution is -0.141. The van der Waals surface area contributed by atoms with Crippen molar-refractivity contribution in [1.29, 1.82) is 0 Å². The number of fused-ring (bicyclic) bond motifs is 1. The summed E-state index contributed by atoms with van der Waals surface area (Å²) in [6, 6.07) is 0. The van der Waals surface area contributed by atoms with E-state index in [0.717, 1.165) is 0 Å². The highest BCUT2D eigenvalue weighted by atomic mass is 16.4. The largest absolute Gasteiger partial charge is 0.481 e. The number of aromatic amines is 1. The molecule has 2 heterocycles. The molecule has 0 aromatic carbocycles. The molecule has 0 saturated carbocycles. The molecule has 0 fully saturated rings. The number of H-pyrrole nitrogens is 1. The van der Waals surface area contributed by atoms with Crippen LogP contribution in [0.4, 0.5) is 0 Å². The van der Waals surface area contributed by atoms with Crippen LogP contribution in [0.1, 0.15) is 29.5 Å². The van der Waals surface area contributed by atoms with Gasteiger partial charge in [0.15, 0.2) is 0 Å². The zero-order valence-corrected chi connectivity index (χ0v) is 11.6. The summed E-state index contributed by atoms with van der Waals surface area (Å²) in [6.45, 7) is 3.31. The Kier molecular flexibility index (Phi) is 4.06.